The number of aromatic nitrogens is 3. The van der Waals surface area contributed by atoms with E-state index in [1.807, 2.05) is 12.1 Å². The second kappa shape index (κ2) is 7.84. The van der Waals surface area contributed by atoms with Crippen molar-refractivity contribution >= 4 is 11.0 Å². The summed E-state index contributed by atoms with van der Waals surface area (Å²) < 4.78 is 34.9. The molecule has 3 aromatic heterocycles. The molecule has 1 fully saturated rings. The number of hydrogen-bond acceptors (Lipinski definition) is 4. The minimum absolute atomic E-state index is 0.148. The highest BCUT2D eigenvalue weighted by atomic mass is 19.2. The second-order valence-electron chi connectivity index (χ2n) is 7.35. The lowest BCUT2D eigenvalue weighted by atomic mass is 10.00. The smallest absolute Gasteiger partial charge is 0.166 e. The molecule has 1 saturated heterocycles. The number of nitrogens with zero attached hydrogens (tertiary/aromatic N) is 2. The van der Waals surface area contributed by atoms with E-state index in [0.29, 0.717) is 35.2 Å². The fraction of sp³-hybridized carbons (Fsp3) is 0.217. The number of halogens is 2. The van der Waals surface area contributed by atoms with Gasteiger partial charge in [0, 0.05) is 35.1 Å². The average molecular weight is 406 g/mol. The number of hydrogen-bond donors (Lipinski definition) is 2. The zero-order chi connectivity index (χ0) is 20.5. The lowest BCUT2D eigenvalue weighted by molar-refractivity contribution is 0.277. The van der Waals surface area contributed by atoms with Crippen molar-refractivity contribution in [2.45, 2.75) is 18.9 Å². The molecule has 0 bridgehead atoms. The van der Waals surface area contributed by atoms with Gasteiger partial charge in [-0.3, -0.25) is 9.97 Å². The first-order chi connectivity index (χ1) is 14.7. The van der Waals surface area contributed by atoms with Gasteiger partial charge in [0.05, 0.1) is 22.9 Å². The molecular weight excluding hydrogens is 386 g/mol. The van der Waals surface area contributed by atoms with Crippen LogP contribution in [0.25, 0.3) is 33.4 Å². The Morgan fingerprint density at radius 1 is 1.07 bits per heavy atom. The van der Waals surface area contributed by atoms with Gasteiger partial charge in [-0.1, -0.05) is 12.1 Å². The Kier molecular flexibility index (Phi) is 4.88. The van der Waals surface area contributed by atoms with Crippen molar-refractivity contribution in [2.24, 2.45) is 0 Å². The predicted molar refractivity (Wildman–Crippen MR) is 111 cm³/mol. The summed E-state index contributed by atoms with van der Waals surface area (Å²) in [6.45, 7) is 1.51. The zero-order valence-corrected chi connectivity index (χ0v) is 16.2. The highest BCUT2D eigenvalue weighted by Gasteiger charge is 2.23. The maximum Gasteiger partial charge on any atom is 0.166 e. The van der Waals surface area contributed by atoms with Gasteiger partial charge in [-0.05, 0) is 43.7 Å². The number of nitrogens with one attached hydrogen (secondary N) is 2. The van der Waals surface area contributed by atoms with Crippen LogP contribution in [0.1, 0.15) is 12.8 Å². The third kappa shape index (κ3) is 3.31. The predicted octanol–water partition coefficient (Wildman–Crippen LogP) is 4.70. The molecule has 0 radical (unpaired) electrons. The minimum Gasteiger partial charge on any atom is -0.490 e. The van der Waals surface area contributed by atoms with Crippen LogP contribution in [0.4, 0.5) is 8.78 Å². The number of pyridine rings is 2. The molecule has 1 aliphatic rings. The summed E-state index contributed by atoms with van der Waals surface area (Å²) in [4.78, 5) is 11.9. The van der Waals surface area contributed by atoms with Gasteiger partial charge in [0.1, 0.15) is 12.4 Å². The van der Waals surface area contributed by atoms with Crippen molar-refractivity contribution in [1.82, 2.24) is 20.3 Å². The first kappa shape index (κ1) is 18.7. The van der Waals surface area contributed by atoms with E-state index in [2.05, 4.69) is 20.3 Å². The van der Waals surface area contributed by atoms with Crippen LogP contribution in [0.3, 0.4) is 0 Å². The number of aromatic amines is 1. The lowest BCUT2D eigenvalue weighted by Crippen LogP contribution is -2.28. The number of rotatable bonds is 5. The Hall–Kier alpha value is -3.32. The third-order valence-corrected chi connectivity index (χ3v) is 5.43. The molecule has 0 aliphatic carbocycles. The topological polar surface area (TPSA) is 62.8 Å². The van der Waals surface area contributed by atoms with Crippen molar-refractivity contribution in [1.29, 1.82) is 0 Å². The molecule has 0 amide bonds. The van der Waals surface area contributed by atoms with Crippen LogP contribution in [0.15, 0.2) is 55.0 Å². The Bertz CT molecular complexity index is 1200. The first-order valence-electron chi connectivity index (χ1n) is 9.94. The van der Waals surface area contributed by atoms with E-state index in [4.69, 9.17) is 4.74 Å². The molecule has 1 atom stereocenters. The van der Waals surface area contributed by atoms with E-state index in [-0.39, 0.29) is 5.56 Å². The Morgan fingerprint density at radius 2 is 2.00 bits per heavy atom. The highest BCUT2D eigenvalue weighted by molar-refractivity contribution is 6.02. The summed E-state index contributed by atoms with van der Waals surface area (Å²) in [5, 5.41) is 3.40. The van der Waals surface area contributed by atoms with Gasteiger partial charge >= 0.3 is 0 Å². The quantitative estimate of drug-likeness (QED) is 0.504. The highest BCUT2D eigenvalue weighted by Crippen LogP contribution is 2.41. The zero-order valence-electron chi connectivity index (χ0n) is 16.2. The first-order valence-corrected chi connectivity index (χ1v) is 9.94. The van der Waals surface area contributed by atoms with E-state index in [0.717, 1.165) is 36.5 Å². The van der Waals surface area contributed by atoms with Gasteiger partial charge < -0.3 is 15.0 Å². The monoisotopic (exact) mass is 406 g/mol. The molecule has 0 saturated carbocycles. The Labute approximate surface area is 172 Å². The van der Waals surface area contributed by atoms with Crippen LogP contribution >= 0.6 is 0 Å². The minimum atomic E-state index is -0.906. The number of fused-ring (bicyclic) bond motifs is 1. The molecular formula is C23H20F2N4O. The van der Waals surface area contributed by atoms with Crippen molar-refractivity contribution < 1.29 is 13.5 Å². The SMILES string of the molecule is Fc1cccc(-c2c(-c3ccncc3OC[C@@H]3CCCN3)[nH]c3cccnc23)c1F. The molecule has 1 aromatic carbocycles. The number of H-pyrrole nitrogens is 1. The average Bonchev–Trinajstić information content (AvgIpc) is 3.42. The summed E-state index contributed by atoms with van der Waals surface area (Å²) in [5.41, 5.74) is 3.28. The van der Waals surface area contributed by atoms with E-state index < -0.39 is 11.6 Å². The normalized spacial score (nSPS) is 16.3. The van der Waals surface area contributed by atoms with Gasteiger partial charge in [-0.15, -0.1) is 0 Å². The Morgan fingerprint density at radius 3 is 2.87 bits per heavy atom. The van der Waals surface area contributed by atoms with Gasteiger partial charge in [0.2, 0.25) is 0 Å². The van der Waals surface area contributed by atoms with Gasteiger partial charge in [-0.2, -0.15) is 0 Å². The van der Waals surface area contributed by atoms with Crippen LogP contribution in [0.2, 0.25) is 0 Å². The third-order valence-electron chi connectivity index (χ3n) is 5.43. The van der Waals surface area contributed by atoms with E-state index in [9.17, 15) is 8.78 Å². The van der Waals surface area contributed by atoms with E-state index >= 15 is 0 Å². The summed E-state index contributed by atoms with van der Waals surface area (Å²) in [7, 11) is 0. The fourth-order valence-electron chi connectivity index (χ4n) is 3.97. The van der Waals surface area contributed by atoms with Crippen molar-refractivity contribution in [3.05, 3.63) is 66.6 Å². The van der Waals surface area contributed by atoms with Crippen LogP contribution in [-0.2, 0) is 0 Å². The van der Waals surface area contributed by atoms with E-state index in [1.54, 1.807) is 30.7 Å². The van der Waals surface area contributed by atoms with Crippen LogP contribution < -0.4 is 10.1 Å². The van der Waals surface area contributed by atoms with Crippen molar-refractivity contribution in [3.63, 3.8) is 0 Å². The maximum absolute atomic E-state index is 14.8. The summed E-state index contributed by atoms with van der Waals surface area (Å²) in [6, 6.07) is 9.92. The van der Waals surface area contributed by atoms with Gasteiger partial charge in [0.25, 0.3) is 0 Å². The molecule has 2 N–H and O–H groups in total. The van der Waals surface area contributed by atoms with E-state index in [1.165, 1.54) is 6.07 Å². The second-order valence-corrected chi connectivity index (χ2v) is 7.35. The summed E-state index contributed by atoms with van der Waals surface area (Å²) >= 11 is 0. The maximum atomic E-state index is 14.8. The van der Waals surface area contributed by atoms with Crippen LogP contribution in [0.5, 0.6) is 5.75 Å². The molecule has 5 nitrogen and oxygen atoms in total. The molecule has 0 unspecified atom stereocenters. The molecule has 4 heterocycles. The largest absolute Gasteiger partial charge is 0.490 e. The number of benzene rings is 1. The van der Waals surface area contributed by atoms with Gasteiger partial charge in [-0.25, -0.2) is 8.78 Å². The van der Waals surface area contributed by atoms with Crippen LogP contribution in [0, 0.1) is 11.6 Å². The summed E-state index contributed by atoms with van der Waals surface area (Å²) in [5.74, 6) is -1.23. The van der Waals surface area contributed by atoms with Crippen LogP contribution in [-0.4, -0.2) is 34.1 Å². The molecule has 30 heavy (non-hydrogen) atoms. The molecule has 5 rings (SSSR count). The Balaban J connectivity index is 1.66. The van der Waals surface area contributed by atoms with Gasteiger partial charge in [0.15, 0.2) is 11.6 Å². The standard InChI is InChI=1S/C23H20F2N4O/c24-17-6-1-5-16(21(17)25)20-22(29-18-7-3-10-28-23(18)20)15-8-11-26-12-19(15)30-13-14-4-2-9-27-14/h1,3,5-8,10-12,14,27,29H,2,4,9,13H2/t14-/m0/s1. The van der Waals surface area contributed by atoms with Crippen molar-refractivity contribution in [2.75, 3.05) is 13.2 Å². The lowest BCUT2D eigenvalue weighted by Gasteiger charge is -2.15. The number of ether oxygens (including phenoxy) is 1. The molecule has 7 heteroatoms. The fourth-order valence-corrected chi connectivity index (χ4v) is 3.97. The van der Waals surface area contributed by atoms with Crippen molar-refractivity contribution in [3.8, 4) is 28.1 Å². The molecule has 1 aliphatic heterocycles. The summed E-state index contributed by atoms with van der Waals surface area (Å²) in [6.07, 6.45) is 7.13. The molecule has 0 spiro atoms. The molecule has 4 aromatic rings. The molecule has 152 valence electrons.